The van der Waals surface area contributed by atoms with Gasteiger partial charge in [-0.2, -0.15) is 0 Å². The van der Waals surface area contributed by atoms with Crippen LogP contribution in [0.5, 0.6) is 0 Å². The number of rotatable bonds is 2. The molecule has 0 saturated heterocycles. The van der Waals surface area contributed by atoms with E-state index in [1.54, 1.807) is 0 Å². The highest BCUT2D eigenvalue weighted by Gasteiger charge is 2.30. The molecule has 12 heavy (non-hydrogen) atoms. The Morgan fingerprint density at radius 2 is 2.00 bits per heavy atom. The summed E-state index contributed by atoms with van der Waals surface area (Å²) in [5, 5.41) is 0. The Hall–Kier alpha value is -0.0800. The summed E-state index contributed by atoms with van der Waals surface area (Å²) in [6.07, 6.45) is 4.05. The van der Waals surface area contributed by atoms with Gasteiger partial charge >= 0.3 is 0 Å². The second-order valence-electron chi connectivity index (χ2n) is 4.50. The maximum Gasteiger partial charge on any atom is 0.0820 e. The van der Waals surface area contributed by atoms with Gasteiger partial charge in [0.1, 0.15) is 0 Å². The molecule has 0 amide bonds. The average Bonchev–Trinajstić information content (AvgIpc) is 2.03. The molecule has 3 unspecified atom stereocenters. The monoisotopic (exact) mass is 171 g/mol. The molecule has 1 saturated carbocycles. The van der Waals surface area contributed by atoms with Crippen LogP contribution in [0.1, 0.15) is 40.0 Å². The SMILES string of the molecule is CC1CCC(C(C)C)C(ON)C1. The summed E-state index contributed by atoms with van der Waals surface area (Å²) in [4.78, 5) is 5.04. The molecule has 0 radical (unpaired) electrons. The zero-order chi connectivity index (χ0) is 9.14. The largest absolute Gasteiger partial charge is 0.301 e. The maximum atomic E-state index is 5.29. The first kappa shape index (κ1) is 10.0. The lowest BCUT2D eigenvalue weighted by Gasteiger charge is -2.35. The van der Waals surface area contributed by atoms with E-state index in [4.69, 9.17) is 10.7 Å². The second kappa shape index (κ2) is 4.24. The van der Waals surface area contributed by atoms with Crippen LogP contribution >= 0.6 is 0 Å². The molecule has 1 rings (SSSR count). The van der Waals surface area contributed by atoms with E-state index in [2.05, 4.69) is 20.8 Å². The van der Waals surface area contributed by atoms with Crippen molar-refractivity contribution >= 4 is 0 Å². The molecule has 1 aliphatic rings. The average molecular weight is 171 g/mol. The summed E-state index contributed by atoms with van der Waals surface area (Å²) in [6.45, 7) is 6.79. The molecule has 2 N–H and O–H groups in total. The van der Waals surface area contributed by atoms with Crippen LogP contribution in [0.3, 0.4) is 0 Å². The van der Waals surface area contributed by atoms with Gasteiger partial charge in [0.25, 0.3) is 0 Å². The minimum Gasteiger partial charge on any atom is -0.301 e. The standard InChI is InChI=1S/C10H21NO/c1-7(2)9-5-4-8(3)6-10(9)12-11/h7-10H,4-6,11H2,1-3H3. The van der Waals surface area contributed by atoms with Crippen LogP contribution in [0.4, 0.5) is 0 Å². The van der Waals surface area contributed by atoms with Crippen LogP contribution < -0.4 is 5.90 Å². The Morgan fingerprint density at radius 1 is 1.33 bits per heavy atom. The van der Waals surface area contributed by atoms with E-state index < -0.39 is 0 Å². The Labute approximate surface area is 75.4 Å². The van der Waals surface area contributed by atoms with E-state index in [9.17, 15) is 0 Å². The highest BCUT2D eigenvalue weighted by atomic mass is 16.6. The minimum atomic E-state index is 0.300. The molecule has 72 valence electrons. The van der Waals surface area contributed by atoms with Gasteiger partial charge in [0.15, 0.2) is 0 Å². The predicted octanol–water partition coefficient (Wildman–Crippen LogP) is 2.34. The Balaban J connectivity index is 2.50. The molecule has 3 atom stereocenters. The zero-order valence-electron chi connectivity index (χ0n) is 8.42. The van der Waals surface area contributed by atoms with Crippen molar-refractivity contribution in [3.63, 3.8) is 0 Å². The van der Waals surface area contributed by atoms with Gasteiger partial charge < -0.3 is 4.84 Å². The van der Waals surface area contributed by atoms with Crippen molar-refractivity contribution in [3.05, 3.63) is 0 Å². The minimum absolute atomic E-state index is 0.300. The lowest BCUT2D eigenvalue weighted by Crippen LogP contribution is -2.35. The Kier molecular flexibility index (Phi) is 3.53. The van der Waals surface area contributed by atoms with E-state index >= 15 is 0 Å². The summed E-state index contributed by atoms with van der Waals surface area (Å²) in [5.41, 5.74) is 0. The van der Waals surface area contributed by atoms with E-state index in [0.29, 0.717) is 17.9 Å². The summed E-state index contributed by atoms with van der Waals surface area (Å²) in [6, 6.07) is 0. The first-order valence-electron chi connectivity index (χ1n) is 5.00. The lowest BCUT2D eigenvalue weighted by atomic mass is 9.75. The smallest absolute Gasteiger partial charge is 0.0820 e. The van der Waals surface area contributed by atoms with Crippen molar-refractivity contribution in [1.82, 2.24) is 0 Å². The lowest BCUT2D eigenvalue weighted by molar-refractivity contribution is -0.0399. The van der Waals surface area contributed by atoms with Gasteiger partial charge in [-0.1, -0.05) is 27.2 Å². The first-order chi connectivity index (χ1) is 5.65. The van der Waals surface area contributed by atoms with Crippen molar-refractivity contribution in [2.75, 3.05) is 0 Å². The van der Waals surface area contributed by atoms with Gasteiger partial charge in [0, 0.05) is 0 Å². The zero-order valence-corrected chi connectivity index (χ0v) is 8.42. The van der Waals surface area contributed by atoms with Crippen molar-refractivity contribution in [2.45, 2.75) is 46.1 Å². The van der Waals surface area contributed by atoms with Gasteiger partial charge in [-0.05, 0) is 30.6 Å². The third-order valence-electron chi connectivity index (χ3n) is 3.14. The molecular formula is C10H21NO. The maximum absolute atomic E-state index is 5.29. The van der Waals surface area contributed by atoms with Gasteiger partial charge in [0.2, 0.25) is 0 Å². The Bertz CT molecular complexity index is 136. The van der Waals surface area contributed by atoms with E-state index in [1.807, 2.05) is 0 Å². The topological polar surface area (TPSA) is 35.2 Å². The fraction of sp³-hybridized carbons (Fsp3) is 1.00. The van der Waals surface area contributed by atoms with Gasteiger partial charge in [-0.25, -0.2) is 5.90 Å². The molecule has 2 nitrogen and oxygen atoms in total. The molecule has 1 aliphatic carbocycles. The van der Waals surface area contributed by atoms with Crippen LogP contribution in [0.2, 0.25) is 0 Å². The fourth-order valence-corrected chi connectivity index (χ4v) is 2.27. The summed E-state index contributed by atoms with van der Waals surface area (Å²) in [7, 11) is 0. The summed E-state index contributed by atoms with van der Waals surface area (Å²) >= 11 is 0. The fourth-order valence-electron chi connectivity index (χ4n) is 2.27. The number of hydrogen-bond acceptors (Lipinski definition) is 2. The van der Waals surface area contributed by atoms with Crippen molar-refractivity contribution in [3.8, 4) is 0 Å². The number of hydrogen-bond donors (Lipinski definition) is 1. The molecular weight excluding hydrogens is 150 g/mol. The van der Waals surface area contributed by atoms with E-state index in [0.717, 1.165) is 12.3 Å². The molecule has 1 fully saturated rings. The Morgan fingerprint density at radius 3 is 2.50 bits per heavy atom. The van der Waals surface area contributed by atoms with Crippen LogP contribution in [0, 0.1) is 17.8 Å². The first-order valence-corrected chi connectivity index (χ1v) is 5.00. The molecule has 0 aromatic rings. The van der Waals surface area contributed by atoms with Crippen LogP contribution in [0.15, 0.2) is 0 Å². The number of nitrogens with two attached hydrogens (primary N) is 1. The molecule has 2 heteroatoms. The van der Waals surface area contributed by atoms with Crippen LogP contribution in [-0.2, 0) is 4.84 Å². The molecule has 0 aromatic heterocycles. The van der Waals surface area contributed by atoms with Crippen molar-refractivity contribution in [1.29, 1.82) is 0 Å². The van der Waals surface area contributed by atoms with Crippen molar-refractivity contribution in [2.24, 2.45) is 23.7 Å². The summed E-state index contributed by atoms with van der Waals surface area (Å²) in [5.74, 6) is 7.45. The highest BCUT2D eigenvalue weighted by Crippen LogP contribution is 2.34. The van der Waals surface area contributed by atoms with E-state index in [1.165, 1.54) is 12.8 Å². The van der Waals surface area contributed by atoms with Crippen molar-refractivity contribution < 1.29 is 4.84 Å². The summed E-state index contributed by atoms with van der Waals surface area (Å²) < 4.78 is 0. The third kappa shape index (κ3) is 2.20. The quantitative estimate of drug-likeness (QED) is 0.647. The molecule has 0 aromatic carbocycles. The highest BCUT2D eigenvalue weighted by molar-refractivity contribution is 4.80. The van der Waals surface area contributed by atoms with Gasteiger partial charge in [0.05, 0.1) is 6.10 Å². The predicted molar refractivity (Wildman–Crippen MR) is 50.4 cm³/mol. The van der Waals surface area contributed by atoms with E-state index in [-0.39, 0.29) is 0 Å². The molecule has 0 bridgehead atoms. The third-order valence-corrected chi connectivity index (χ3v) is 3.14. The van der Waals surface area contributed by atoms with Crippen LogP contribution in [-0.4, -0.2) is 6.10 Å². The second-order valence-corrected chi connectivity index (χ2v) is 4.50. The molecule has 0 aliphatic heterocycles. The van der Waals surface area contributed by atoms with Gasteiger partial charge in [-0.15, -0.1) is 0 Å². The van der Waals surface area contributed by atoms with Gasteiger partial charge in [-0.3, -0.25) is 0 Å². The normalized spacial score (nSPS) is 37.2. The molecule has 0 heterocycles. The van der Waals surface area contributed by atoms with Crippen LogP contribution in [0.25, 0.3) is 0 Å². The molecule has 0 spiro atoms.